The molecule has 2 aliphatic heterocycles. The molecular formula is C24H40N8O4. The van der Waals surface area contributed by atoms with E-state index in [1.807, 2.05) is 50.0 Å². The fourth-order valence-corrected chi connectivity index (χ4v) is 3.86. The third kappa shape index (κ3) is 8.23. The Balaban J connectivity index is 0.000000270. The largest absolute Gasteiger partial charge is 0.444 e. The van der Waals surface area contributed by atoms with Crippen molar-refractivity contribution in [3.63, 3.8) is 0 Å². The molecular weight excluding hydrogens is 464 g/mol. The van der Waals surface area contributed by atoms with Crippen LogP contribution in [-0.2, 0) is 22.6 Å². The van der Waals surface area contributed by atoms with Crippen LogP contribution in [0.5, 0.6) is 0 Å². The van der Waals surface area contributed by atoms with E-state index in [-0.39, 0.29) is 5.54 Å². The number of hydrogen-bond donors (Lipinski definition) is 3. The first-order chi connectivity index (χ1) is 16.7. The van der Waals surface area contributed by atoms with Gasteiger partial charge in [0.2, 0.25) is 0 Å². The Morgan fingerprint density at radius 3 is 1.89 bits per heavy atom. The van der Waals surface area contributed by atoms with Crippen molar-refractivity contribution in [2.24, 2.45) is 5.73 Å². The van der Waals surface area contributed by atoms with Crippen LogP contribution < -0.4 is 16.4 Å². The third-order valence-electron chi connectivity index (χ3n) is 5.42. The van der Waals surface area contributed by atoms with Crippen molar-refractivity contribution in [2.45, 2.75) is 76.9 Å². The van der Waals surface area contributed by atoms with Crippen LogP contribution in [0.3, 0.4) is 0 Å². The Hall–Kier alpha value is -3.12. The molecule has 2 aliphatic rings. The van der Waals surface area contributed by atoms with E-state index in [2.05, 4.69) is 20.8 Å². The molecule has 2 aromatic heterocycles. The van der Waals surface area contributed by atoms with Gasteiger partial charge in [0.05, 0.1) is 37.3 Å². The second-order valence-corrected chi connectivity index (χ2v) is 11.6. The number of alkyl carbamates (subject to hydrolysis) is 1. The summed E-state index contributed by atoms with van der Waals surface area (Å²) < 4.78 is 14.3. The quantitative estimate of drug-likeness (QED) is 0.557. The van der Waals surface area contributed by atoms with Gasteiger partial charge in [-0.1, -0.05) is 0 Å². The van der Waals surface area contributed by atoms with Gasteiger partial charge >= 0.3 is 12.2 Å². The minimum Gasteiger partial charge on any atom is -0.444 e. The van der Waals surface area contributed by atoms with Crippen LogP contribution in [0.15, 0.2) is 36.9 Å². The lowest BCUT2D eigenvalue weighted by atomic mass is 9.90. The molecule has 2 amide bonds. The molecule has 0 atom stereocenters. The standard InChI is InChI=1S/C17H28N4O4.C7H12N4/c1-15(2,3)24-13(22)19-17(12-21-9-7-8-18-21)10-20(11-17)14(23)25-16(4,5)6;8-7(4-9-5-7)6-11-3-1-2-10-11/h7-9H,10-12H2,1-6H3,(H,19,22);1-3,9H,4-6,8H2. The summed E-state index contributed by atoms with van der Waals surface area (Å²) in [6.45, 7) is 14.6. The topological polar surface area (TPSA) is 142 Å². The first kappa shape index (κ1) is 27.5. The molecule has 2 aromatic rings. The lowest BCUT2D eigenvalue weighted by Crippen LogP contribution is -2.73. The van der Waals surface area contributed by atoms with Crippen LogP contribution in [0.4, 0.5) is 9.59 Å². The third-order valence-corrected chi connectivity index (χ3v) is 5.42. The van der Waals surface area contributed by atoms with Crippen LogP contribution >= 0.6 is 0 Å². The zero-order chi connectivity index (χ0) is 26.6. The summed E-state index contributed by atoms with van der Waals surface area (Å²) in [5.41, 5.74) is 4.12. The Morgan fingerprint density at radius 1 is 0.944 bits per heavy atom. The number of carbonyl (C=O) groups excluding carboxylic acids is 2. The number of nitrogens with one attached hydrogen (secondary N) is 2. The van der Waals surface area contributed by atoms with Gasteiger partial charge < -0.3 is 30.7 Å². The second kappa shape index (κ2) is 10.5. The highest BCUT2D eigenvalue weighted by atomic mass is 16.6. The molecule has 2 saturated heterocycles. The van der Waals surface area contributed by atoms with Crippen molar-refractivity contribution in [1.29, 1.82) is 0 Å². The summed E-state index contributed by atoms with van der Waals surface area (Å²) in [7, 11) is 0. The molecule has 200 valence electrons. The molecule has 4 N–H and O–H groups in total. The van der Waals surface area contributed by atoms with E-state index < -0.39 is 28.9 Å². The summed E-state index contributed by atoms with van der Waals surface area (Å²) in [5, 5.41) is 14.3. The van der Waals surface area contributed by atoms with Crippen LogP contribution in [0.1, 0.15) is 41.5 Å². The van der Waals surface area contributed by atoms with E-state index in [1.54, 1.807) is 42.7 Å². The van der Waals surface area contributed by atoms with Crippen LogP contribution in [-0.4, -0.2) is 85.1 Å². The van der Waals surface area contributed by atoms with Gasteiger partial charge in [-0.05, 0) is 53.7 Å². The van der Waals surface area contributed by atoms with Gasteiger partial charge in [0, 0.05) is 37.9 Å². The lowest BCUT2D eigenvalue weighted by molar-refractivity contribution is -0.0265. The Morgan fingerprint density at radius 2 is 1.47 bits per heavy atom. The molecule has 0 aliphatic carbocycles. The van der Waals surface area contributed by atoms with Crippen molar-refractivity contribution >= 4 is 12.2 Å². The van der Waals surface area contributed by atoms with Gasteiger partial charge in [-0.25, -0.2) is 9.59 Å². The lowest BCUT2D eigenvalue weighted by Gasteiger charge is -2.49. The summed E-state index contributed by atoms with van der Waals surface area (Å²) in [6.07, 6.45) is 6.29. The Labute approximate surface area is 212 Å². The molecule has 4 heterocycles. The van der Waals surface area contributed by atoms with Crippen LogP contribution in [0, 0.1) is 0 Å². The molecule has 36 heavy (non-hydrogen) atoms. The smallest absolute Gasteiger partial charge is 0.410 e. The maximum Gasteiger partial charge on any atom is 0.410 e. The van der Waals surface area contributed by atoms with Crippen LogP contribution in [0.2, 0.25) is 0 Å². The minimum atomic E-state index is -0.634. The summed E-state index contributed by atoms with van der Waals surface area (Å²) in [5.74, 6) is 0. The zero-order valence-electron chi connectivity index (χ0n) is 22.2. The highest BCUT2D eigenvalue weighted by Gasteiger charge is 2.48. The summed E-state index contributed by atoms with van der Waals surface area (Å²) in [4.78, 5) is 25.9. The predicted molar refractivity (Wildman–Crippen MR) is 134 cm³/mol. The first-order valence-electron chi connectivity index (χ1n) is 12.1. The molecule has 0 aromatic carbocycles. The van der Waals surface area contributed by atoms with Crippen molar-refractivity contribution in [3.8, 4) is 0 Å². The number of likely N-dealkylation sites (tertiary alicyclic amines) is 1. The average molecular weight is 505 g/mol. The number of nitrogens with zero attached hydrogens (tertiary/aromatic N) is 5. The average Bonchev–Trinajstić information content (AvgIpc) is 3.36. The molecule has 2 fully saturated rings. The van der Waals surface area contributed by atoms with Gasteiger partial charge in [-0.2, -0.15) is 10.2 Å². The normalized spacial score (nSPS) is 18.1. The van der Waals surface area contributed by atoms with Crippen molar-refractivity contribution in [2.75, 3.05) is 26.2 Å². The van der Waals surface area contributed by atoms with Crippen LogP contribution in [0.25, 0.3) is 0 Å². The summed E-state index contributed by atoms with van der Waals surface area (Å²) in [6, 6.07) is 3.72. The number of nitrogens with two attached hydrogens (primary N) is 1. The highest BCUT2D eigenvalue weighted by Crippen LogP contribution is 2.26. The number of amides is 2. The van der Waals surface area contributed by atoms with E-state index in [0.29, 0.717) is 19.6 Å². The molecule has 0 unspecified atom stereocenters. The van der Waals surface area contributed by atoms with Gasteiger partial charge in [0.15, 0.2) is 0 Å². The molecule has 12 nitrogen and oxygen atoms in total. The van der Waals surface area contributed by atoms with E-state index in [1.165, 1.54) is 0 Å². The molecule has 0 bridgehead atoms. The number of ether oxygens (including phenoxy) is 2. The van der Waals surface area contributed by atoms with Gasteiger partial charge in [-0.15, -0.1) is 0 Å². The number of hydrogen-bond acceptors (Lipinski definition) is 8. The van der Waals surface area contributed by atoms with E-state index >= 15 is 0 Å². The van der Waals surface area contributed by atoms with E-state index in [9.17, 15) is 9.59 Å². The maximum atomic E-state index is 12.2. The SMILES string of the molecule is CC(C)(C)OC(=O)NC1(Cn2cccn2)CN(C(=O)OC(C)(C)C)C1.NC1(Cn2cccn2)CNC1. The summed E-state index contributed by atoms with van der Waals surface area (Å²) >= 11 is 0. The Kier molecular flexibility index (Phi) is 7.99. The maximum absolute atomic E-state index is 12.2. The van der Waals surface area contributed by atoms with Crippen molar-refractivity contribution < 1.29 is 19.1 Å². The molecule has 12 heteroatoms. The van der Waals surface area contributed by atoms with E-state index in [0.717, 1.165) is 19.6 Å². The number of aromatic nitrogens is 4. The molecule has 0 saturated carbocycles. The highest BCUT2D eigenvalue weighted by molar-refractivity contribution is 5.72. The minimum absolute atomic E-state index is 0.0635. The van der Waals surface area contributed by atoms with Gasteiger partial charge in [0.25, 0.3) is 0 Å². The zero-order valence-corrected chi connectivity index (χ0v) is 22.2. The predicted octanol–water partition coefficient (Wildman–Crippen LogP) is 1.58. The fourth-order valence-electron chi connectivity index (χ4n) is 3.86. The van der Waals surface area contributed by atoms with Gasteiger partial charge in [0.1, 0.15) is 11.2 Å². The van der Waals surface area contributed by atoms with Crippen molar-refractivity contribution in [1.82, 2.24) is 35.1 Å². The monoisotopic (exact) mass is 504 g/mol. The number of rotatable bonds is 5. The molecule has 0 spiro atoms. The molecule has 0 radical (unpaired) electrons. The first-order valence-corrected chi connectivity index (χ1v) is 12.1. The Bertz CT molecular complexity index is 982. The fraction of sp³-hybridized carbons (Fsp3) is 0.667. The second-order valence-electron chi connectivity index (χ2n) is 11.6. The molecule has 4 rings (SSSR count). The van der Waals surface area contributed by atoms with Crippen molar-refractivity contribution in [3.05, 3.63) is 36.9 Å². The van der Waals surface area contributed by atoms with Gasteiger partial charge in [-0.3, -0.25) is 9.36 Å². The number of carbonyl (C=O) groups is 2. The van der Waals surface area contributed by atoms with E-state index in [4.69, 9.17) is 15.2 Å².